The first kappa shape index (κ1) is 16.3. The molecule has 0 atom stereocenters. The SMILES string of the molecule is N#CC1(C(=O)OCCCCCCOC(=O)C2(C#N)CC2)CC1. The maximum atomic E-state index is 11.6. The number of hydrogen-bond acceptors (Lipinski definition) is 6. The largest absolute Gasteiger partial charge is 0.465 e. The van der Waals surface area contributed by atoms with Crippen molar-refractivity contribution in [3.05, 3.63) is 0 Å². The van der Waals surface area contributed by atoms with E-state index in [4.69, 9.17) is 20.0 Å². The van der Waals surface area contributed by atoms with Gasteiger partial charge in [0.15, 0.2) is 10.8 Å². The molecule has 0 spiro atoms. The van der Waals surface area contributed by atoms with Crippen molar-refractivity contribution in [1.29, 1.82) is 10.5 Å². The molecule has 0 amide bonds. The van der Waals surface area contributed by atoms with Crippen molar-refractivity contribution in [2.24, 2.45) is 10.8 Å². The summed E-state index contributed by atoms with van der Waals surface area (Å²) in [6.45, 7) is 0.666. The fourth-order valence-corrected chi connectivity index (χ4v) is 2.14. The van der Waals surface area contributed by atoms with Crippen LogP contribution in [0.15, 0.2) is 0 Å². The first-order chi connectivity index (χ1) is 10.6. The monoisotopic (exact) mass is 304 g/mol. The van der Waals surface area contributed by atoms with Gasteiger partial charge in [0.05, 0.1) is 25.4 Å². The molecule has 2 fully saturated rings. The molecule has 22 heavy (non-hydrogen) atoms. The number of carbonyl (C=O) groups excluding carboxylic acids is 2. The van der Waals surface area contributed by atoms with Crippen molar-refractivity contribution in [2.45, 2.75) is 51.4 Å². The second-order valence-corrected chi connectivity index (χ2v) is 6.07. The number of nitrogens with zero attached hydrogens (tertiary/aromatic N) is 2. The Morgan fingerprint density at radius 1 is 0.773 bits per heavy atom. The second-order valence-electron chi connectivity index (χ2n) is 6.07. The van der Waals surface area contributed by atoms with Crippen molar-refractivity contribution in [1.82, 2.24) is 0 Å². The number of unbranched alkanes of at least 4 members (excludes halogenated alkanes) is 3. The number of esters is 2. The average Bonchev–Trinajstić information content (AvgIpc) is 3.43. The zero-order valence-electron chi connectivity index (χ0n) is 12.6. The molecular formula is C16H20N2O4. The summed E-state index contributed by atoms with van der Waals surface area (Å²) in [5.74, 6) is -0.787. The lowest BCUT2D eigenvalue weighted by Crippen LogP contribution is -2.18. The molecule has 0 aromatic rings. The van der Waals surface area contributed by atoms with Gasteiger partial charge in [0.25, 0.3) is 0 Å². The molecule has 2 aliphatic carbocycles. The topological polar surface area (TPSA) is 100 Å². The molecule has 6 nitrogen and oxygen atoms in total. The van der Waals surface area contributed by atoms with Gasteiger partial charge in [0, 0.05) is 0 Å². The predicted octanol–water partition coefficient (Wildman–Crippen LogP) is 2.24. The summed E-state index contributed by atoms with van der Waals surface area (Å²) in [5.41, 5.74) is -1.71. The van der Waals surface area contributed by atoms with E-state index in [1.165, 1.54) is 0 Å². The van der Waals surface area contributed by atoms with Gasteiger partial charge in [-0.2, -0.15) is 10.5 Å². The standard InChI is InChI=1S/C16H20N2O4/c17-11-15(5-6-15)13(19)21-9-3-1-2-4-10-22-14(20)16(12-18)7-8-16/h1-10H2. The van der Waals surface area contributed by atoms with Gasteiger partial charge in [-0.05, 0) is 51.4 Å². The molecule has 0 aliphatic heterocycles. The minimum absolute atomic E-state index is 0.333. The fraction of sp³-hybridized carbons (Fsp3) is 0.750. The smallest absolute Gasteiger partial charge is 0.326 e. The van der Waals surface area contributed by atoms with Crippen LogP contribution in [0.3, 0.4) is 0 Å². The van der Waals surface area contributed by atoms with Crippen LogP contribution in [0.5, 0.6) is 0 Å². The maximum absolute atomic E-state index is 11.6. The van der Waals surface area contributed by atoms with Crippen LogP contribution < -0.4 is 0 Å². The molecule has 0 unspecified atom stereocenters. The number of hydrogen-bond donors (Lipinski definition) is 0. The van der Waals surface area contributed by atoms with Crippen molar-refractivity contribution in [2.75, 3.05) is 13.2 Å². The van der Waals surface area contributed by atoms with Crippen LogP contribution in [-0.4, -0.2) is 25.2 Å². The summed E-state index contributed by atoms with van der Waals surface area (Å²) >= 11 is 0. The summed E-state index contributed by atoms with van der Waals surface area (Å²) < 4.78 is 10.2. The van der Waals surface area contributed by atoms with Gasteiger partial charge in [-0.25, -0.2) is 0 Å². The van der Waals surface area contributed by atoms with E-state index in [-0.39, 0.29) is 0 Å². The molecule has 0 heterocycles. The van der Waals surface area contributed by atoms with Crippen LogP contribution in [-0.2, 0) is 19.1 Å². The van der Waals surface area contributed by atoms with Gasteiger partial charge in [-0.1, -0.05) is 0 Å². The van der Waals surface area contributed by atoms with Crippen LogP contribution in [0.1, 0.15) is 51.4 Å². The lowest BCUT2D eigenvalue weighted by molar-refractivity contribution is -0.149. The fourth-order valence-electron chi connectivity index (χ4n) is 2.14. The van der Waals surface area contributed by atoms with E-state index in [0.717, 1.165) is 25.7 Å². The van der Waals surface area contributed by atoms with E-state index in [1.54, 1.807) is 0 Å². The number of ether oxygens (including phenoxy) is 2. The predicted molar refractivity (Wildman–Crippen MR) is 74.9 cm³/mol. The molecule has 0 aromatic heterocycles. The Labute approximate surface area is 130 Å². The van der Waals surface area contributed by atoms with Gasteiger partial charge in [0.2, 0.25) is 0 Å². The van der Waals surface area contributed by atoms with Gasteiger partial charge >= 0.3 is 11.9 Å². The Bertz CT molecular complexity index is 473. The van der Waals surface area contributed by atoms with Crippen molar-refractivity contribution < 1.29 is 19.1 Å². The summed E-state index contributed by atoms with van der Waals surface area (Å²) in [6, 6.07) is 4.02. The van der Waals surface area contributed by atoms with Crippen LogP contribution >= 0.6 is 0 Å². The summed E-state index contributed by atoms with van der Waals surface area (Å²) in [6.07, 6.45) is 5.65. The van der Waals surface area contributed by atoms with Crippen LogP contribution in [0.2, 0.25) is 0 Å². The first-order valence-electron chi connectivity index (χ1n) is 7.76. The molecule has 0 N–H and O–H groups in total. The third-order valence-electron chi connectivity index (χ3n) is 4.21. The summed E-state index contributed by atoms with van der Waals surface area (Å²) in [4.78, 5) is 23.1. The Morgan fingerprint density at radius 3 is 1.41 bits per heavy atom. The molecule has 118 valence electrons. The second kappa shape index (κ2) is 6.79. The zero-order chi connectivity index (χ0) is 16.1. The number of carbonyl (C=O) groups is 2. The Balaban J connectivity index is 1.44. The quantitative estimate of drug-likeness (QED) is 0.478. The molecule has 6 heteroatoms. The number of nitriles is 2. The zero-order valence-corrected chi connectivity index (χ0v) is 12.6. The minimum Gasteiger partial charge on any atom is -0.465 e. The van der Waals surface area contributed by atoms with E-state index < -0.39 is 22.8 Å². The van der Waals surface area contributed by atoms with Crippen molar-refractivity contribution >= 4 is 11.9 Å². The molecule has 0 saturated heterocycles. The van der Waals surface area contributed by atoms with E-state index >= 15 is 0 Å². The lowest BCUT2D eigenvalue weighted by Gasteiger charge is -2.08. The summed E-state index contributed by atoms with van der Waals surface area (Å²) in [7, 11) is 0. The normalized spacial score (nSPS) is 19.4. The molecule has 2 aliphatic rings. The summed E-state index contributed by atoms with van der Waals surface area (Å²) in [5, 5.41) is 17.7. The highest BCUT2D eigenvalue weighted by Crippen LogP contribution is 2.46. The Morgan fingerprint density at radius 2 is 1.14 bits per heavy atom. The van der Waals surface area contributed by atoms with Crippen LogP contribution in [0.4, 0.5) is 0 Å². The van der Waals surface area contributed by atoms with Gasteiger partial charge in [-0.15, -0.1) is 0 Å². The minimum atomic E-state index is -0.853. The molecule has 0 radical (unpaired) electrons. The van der Waals surface area contributed by atoms with Crippen LogP contribution in [0.25, 0.3) is 0 Å². The molecule has 0 bridgehead atoms. The molecule has 0 aromatic carbocycles. The van der Waals surface area contributed by atoms with Gasteiger partial charge in [-0.3, -0.25) is 9.59 Å². The molecule has 2 saturated carbocycles. The third kappa shape index (κ3) is 3.76. The van der Waals surface area contributed by atoms with Crippen molar-refractivity contribution in [3.8, 4) is 12.1 Å². The lowest BCUT2D eigenvalue weighted by atomic mass is 10.1. The van der Waals surface area contributed by atoms with E-state index in [0.29, 0.717) is 38.9 Å². The van der Waals surface area contributed by atoms with Crippen molar-refractivity contribution in [3.63, 3.8) is 0 Å². The highest BCUT2D eigenvalue weighted by molar-refractivity contribution is 5.83. The highest BCUT2D eigenvalue weighted by Gasteiger charge is 2.52. The highest BCUT2D eigenvalue weighted by atomic mass is 16.5. The van der Waals surface area contributed by atoms with Crippen LogP contribution in [0, 0.1) is 33.5 Å². The molecular weight excluding hydrogens is 284 g/mol. The van der Waals surface area contributed by atoms with E-state index in [2.05, 4.69) is 0 Å². The third-order valence-corrected chi connectivity index (χ3v) is 4.21. The average molecular weight is 304 g/mol. The number of rotatable bonds is 9. The molecule has 2 rings (SSSR count). The van der Waals surface area contributed by atoms with Gasteiger partial charge in [0.1, 0.15) is 0 Å². The van der Waals surface area contributed by atoms with Gasteiger partial charge < -0.3 is 9.47 Å². The maximum Gasteiger partial charge on any atom is 0.326 e. The first-order valence-corrected chi connectivity index (χ1v) is 7.76. The Hall–Kier alpha value is -2.08. The Kier molecular flexibility index (Phi) is 5.03. The van der Waals surface area contributed by atoms with E-state index in [1.807, 2.05) is 12.1 Å². The van der Waals surface area contributed by atoms with E-state index in [9.17, 15) is 9.59 Å².